The van der Waals surface area contributed by atoms with Crippen LogP contribution in [0.5, 0.6) is 0 Å². The zero-order valence-corrected chi connectivity index (χ0v) is 12.3. The van der Waals surface area contributed by atoms with Gasteiger partial charge in [-0.2, -0.15) is 0 Å². The highest BCUT2D eigenvalue weighted by atomic mass is 16.5. The number of nitrogens with zero attached hydrogens (tertiary/aromatic N) is 1. The molecule has 1 unspecified atom stereocenters. The third-order valence-electron chi connectivity index (χ3n) is 3.62. The maximum atomic E-state index is 11.4. The van der Waals surface area contributed by atoms with Crippen LogP contribution in [0, 0.1) is 0 Å². The van der Waals surface area contributed by atoms with Crippen LogP contribution in [0.2, 0.25) is 0 Å². The molecule has 0 bridgehead atoms. The molecule has 6 nitrogen and oxygen atoms in total. The minimum absolute atomic E-state index is 0.141. The molecule has 2 rings (SSSR count). The van der Waals surface area contributed by atoms with Crippen molar-refractivity contribution in [3.63, 3.8) is 0 Å². The smallest absolute Gasteiger partial charge is 0.419 e. The summed E-state index contributed by atoms with van der Waals surface area (Å²) in [5.41, 5.74) is 8.36. The number of aryl methyl sites for hydroxylation is 1. The Morgan fingerprint density at radius 1 is 1.43 bits per heavy atom. The number of benzene rings is 1. The normalized spacial score (nSPS) is 12.5. The summed E-state index contributed by atoms with van der Waals surface area (Å²) in [5, 5.41) is 0. The van der Waals surface area contributed by atoms with E-state index in [2.05, 4.69) is 4.74 Å². The van der Waals surface area contributed by atoms with Crippen LogP contribution in [0.3, 0.4) is 0 Å². The van der Waals surface area contributed by atoms with E-state index in [4.69, 9.17) is 10.2 Å². The molecule has 0 saturated carbocycles. The number of hydrogen-bond donors (Lipinski definition) is 1. The highest BCUT2D eigenvalue weighted by Crippen LogP contribution is 2.22. The monoisotopic (exact) mass is 292 g/mol. The lowest BCUT2D eigenvalue weighted by molar-refractivity contribution is -0.140. The number of carbonyl (C=O) groups is 1. The van der Waals surface area contributed by atoms with Crippen LogP contribution < -0.4 is 11.5 Å². The van der Waals surface area contributed by atoms with Crippen LogP contribution in [0.4, 0.5) is 0 Å². The molecule has 6 heteroatoms. The standard InChI is InChI=1S/C15H20N2O4/c1-17-12-8-7-10(9-13(12)21-15(17)19)11(16)5-3-4-6-14(18)20-2/h7-9,11H,3-6,16H2,1-2H3. The van der Waals surface area contributed by atoms with Gasteiger partial charge in [0.05, 0.1) is 12.6 Å². The highest BCUT2D eigenvalue weighted by molar-refractivity contribution is 5.73. The number of nitrogens with two attached hydrogens (primary N) is 1. The Labute approximate surface area is 122 Å². The summed E-state index contributed by atoms with van der Waals surface area (Å²) >= 11 is 0. The molecule has 0 aliphatic carbocycles. The van der Waals surface area contributed by atoms with Gasteiger partial charge in [0.1, 0.15) is 0 Å². The largest absolute Gasteiger partial charge is 0.469 e. The Bertz CT molecular complexity index is 687. The number of methoxy groups -OCH3 is 1. The van der Waals surface area contributed by atoms with Gasteiger partial charge in [-0.25, -0.2) is 4.79 Å². The number of carbonyl (C=O) groups excluding carboxylic acids is 1. The van der Waals surface area contributed by atoms with Gasteiger partial charge in [-0.3, -0.25) is 9.36 Å². The number of hydrogen-bond acceptors (Lipinski definition) is 5. The van der Waals surface area contributed by atoms with Crippen molar-refractivity contribution in [1.82, 2.24) is 4.57 Å². The Kier molecular flexibility index (Phi) is 4.80. The Balaban J connectivity index is 1.98. The molecular formula is C15H20N2O4. The molecule has 1 atom stereocenters. The first kappa shape index (κ1) is 15.3. The molecule has 0 spiro atoms. The first-order chi connectivity index (χ1) is 10.0. The van der Waals surface area contributed by atoms with Crippen molar-refractivity contribution in [3.8, 4) is 0 Å². The first-order valence-corrected chi connectivity index (χ1v) is 6.95. The molecule has 21 heavy (non-hydrogen) atoms. The van der Waals surface area contributed by atoms with E-state index in [1.165, 1.54) is 11.7 Å². The van der Waals surface area contributed by atoms with E-state index in [0.29, 0.717) is 12.0 Å². The lowest BCUT2D eigenvalue weighted by Gasteiger charge is -2.11. The third-order valence-corrected chi connectivity index (χ3v) is 3.62. The van der Waals surface area contributed by atoms with Gasteiger partial charge in [0.2, 0.25) is 0 Å². The molecule has 0 amide bonds. The predicted octanol–water partition coefficient (Wildman–Crippen LogP) is 1.86. The summed E-state index contributed by atoms with van der Waals surface area (Å²) in [7, 11) is 3.05. The van der Waals surface area contributed by atoms with Crippen LogP contribution in [0.1, 0.15) is 37.3 Å². The van der Waals surface area contributed by atoms with Gasteiger partial charge in [0.15, 0.2) is 5.58 Å². The zero-order valence-electron chi connectivity index (χ0n) is 12.3. The second-order valence-corrected chi connectivity index (χ2v) is 5.08. The fourth-order valence-electron chi connectivity index (χ4n) is 2.28. The molecule has 1 aromatic carbocycles. The molecule has 0 radical (unpaired) electrons. The van der Waals surface area contributed by atoms with Crippen LogP contribution in [0.15, 0.2) is 27.4 Å². The minimum atomic E-state index is -0.381. The topological polar surface area (TPSA) is 87.5 Å². The second-order valence-electron chi connectivity index (χ2n) is 5.08. The molecule has 114 valence electrons. The lowest BCUT2D eigenvalue weighted by atomic mass is 10.0. The first-order valence-electron chi connectivity index (χ1n) is 6.95. The quantitative estimate of drug-likeness (QED) is 0.648. The van der Waals surface area contributed by atoms with Crippen LogP contribution in [0.25, 0.3) is 11.1 Å². The maximum absolute atomic E-state index is 11.4. The lowest BCUT2D eigenvalue weighted by Crippen LogP contribution is -2.10. The van der Waals surface area contributed by atoms with Crippen molar-refractivity contribution >= 4 is 17.1 Å². The van der Waals surface area contributed by atoms with Gasteiger partial charge in [-0.1, -0.05) is 12.5 Å². The van der Waals surface area contributed by atoms with Gasteiger partial charge in [0.25, 0.3) is 0 Å². The summed E-state index contributed by atoms with van der Waals surface area (Å²) in [6, 6.07) is 5.41. The second kappa shape index (κ2) is 6.58. The average Bonchev–Trinajstić information content (AvgIpc) is 2.77. The molecule has 0 fully saturated rings. The fourth-order valence-corrected chi connectivity index (χ4v) is 2.28. The number of esters is 1. The van der Waals surface area contributed by atoms with E-state index < -0.39 is 0 Å². The number of ether oxygens (including phenoxy) is 1. The van der Waals surface area contributed by atoms with Gasteiger partial charge in [-0.15, -0.1) is 0 Å². The summed E-state index contributed by atoms with van der Waals surface area (Å²) < 4.78 is 11.2. The average molecular weight is 292 g/mol. The summed E-state index contributed by atoms with van der Waals surface area (Å²) in [6.45, 7) is 0. The fraction of sp³-hybridized carbons (Fsp3) is 0.467. The summed E-state index contributed by atoms with van der Waals surface area (Å²) in [6.07, 6.45) is 2.77. The molecule has 0 aliphatic rings. The van der Waals surface area contributed by atoms with Crippen molar-refractivity contribution < 1.29 is 13.9 Å². The molecule has 1 aromatic heterocycles. The van der Waals surface area contributed by atoms with Gasteiger partial charge in [-0.05, 0) is 30.5 Å². The number of unbranched alkanes of at least 4 members (excludes halogenated alkanes) is 1. The summed E-state index contributed by atoms with van der Waals surface area (Å²) in [4.78, 5) is 22.5. The number of aromatic nitrogens is 1. The van der Waals surface area contributed by atoms with Crippen molar-refractivity contribution in [1.29, 1.82) is 0 Å². The van der Waals surface area contributed by atoms with Gasteiger partial charge < -0.3 is 14.9 Å². The molecule has 2 aromatic rings. The minimum Gasteiger partial charge on any atom is -0.469 e. The van der Waals surface area contributed by atoms with Crippen LogP contribution in [-0.2, 0) is 16.6 Å². The van der Waals surface area contributed by atoms with Crippen molar-refractivity contribution in [2.24, 2.45) is 12.8 Å². The van der Waals surface area contributed by atoms with Gasteiger partial charge in [0, 0.05) is 19.5 Å². The molecule has 0 saturated heterocycles. The maximum Gasteiger partial charge on any atom is 0.419 e. The van der Waals surface area contributed by atoms with Crippen LogP contribution in [-0.4, -0.2) is 17.6 Å². The Morgan fingerprint density at radius 3 is 2.90 bits per heavy atom. The van der Waals surface area contributed by atoms with E-state index in [9.17, 15) is 9.59 Å². The predicted molar refractivity (Wildman–Crippen MR) is 78.9 cm³/mol. The molecular weight excluding hydrogens is 272 g/mol. The Hall–Kier alpha value is -2.08. The molecule has 1 heterocycles. The van der Waals surface area contributed by atoms with E-state index in [1.54, 1.807) is 7.05 Å². The van der Waals surface area contributed by atoms with E-state index in [-0.39, 0.29) is 17.8 Å². The molecule has 0 aliphatic heterocycles. The number of oxazole rings is 1. The number of fused-ring (bicyclic) bond motifs is 1. The van der Waals surface area contributed by atoms with E-state index in [0.717, 1.165) is 30.3 Å². The Morgan fingerprint density at radius 2 is 2.19 bits per heavy atom. The number of rotatable bonds is 6. The third kappa shape index (κ3) is 3.52. The van der Waals surface area contributed by atoms with Crippen molar-refractivity contribution in [2.75, 3.05) is 7.11 Å². The van der Waals surface area contributed by atoms with Gasteiger partial charge >= 0.3 is 11.7 Å². The van der Waals surface area contributed by atoms with Crippen molar-refractivity contribution in [3.05, 3.63) is 34.3 Å². The summed E-state index contributed by atoms with van der Waals surface area (Å²) in [5.74, 6) is -0.579. The van der Waals surface area contributed by atoms with Crippen LogP contribution >= 0.6 is 0 Å². The highest BCUT2D eigenvalue weighted by Gasteiger charge is 2.11. The molecule has 2 N–H and O–H groups in total. The van der Waals surface area contributed by atoms with E-state index in [1.807, 2.05) is 18.2 Å². The van der Waals surface area contributed by atoms with E-state index >= 15 is 0 Å². The zero-order chi connectivity index (χ0) is 15.4. The SMILES string of the molecule is COC(=O)CCCCC(N)c1ccc2c(c1)oc(=O)n2C. The van der Waals surface area contributed by atoms with Crippen molar-refractivity contribution in [2.45, 2.75) is 31.7 Å².